The molecule has 3 N–H and O–H groups in total. The fourth-order valence-electron chi connectivity index (χ4n) is 0.774. The SMILES string of the molecule is C[CH]c1ccnc(C(=N)N)c1. The molecule has 0 aromatic carbocycles. The molecule has 0 unspecified atom stereocenters. The van der Waals surface area contributed by atoms with Gasteiger partial charge in [-0.1, -0.05) is 6.92 Å². The number of nitrogens with two attached hydrogens (primary N) is 1. The van der Waals surface area contributed by atoms with Crippen molar-refractivity contribution in [3.05, 3.63) is 36.0 Å². The van der Waals surface area contributed by atoms with Crippen molar-refractivity contribution in [3.63, 3.8) is 0 Å². The number of rotatable bonds is 2. The number of nitrogen functional groups attached to an aromatic ring is 1. The fraction of sp³-hybridized carbons (Fsp3) is 0.125. The van der Waals surface area contributed by atoms with Gasteiger partial charge in [0.2, 0.25) is 0 Å². The lowest BCUT2D eigenvalue weighted by Gasteiger charge is -1.98. The molecule has 0 aliphatic heterocycles. The highest BCUT2D eigenvalue weighted by atomic mass is 14.8. The van der Waals surface area contributed by atoms with Crippen molar-refractivity contribution < 1.29 is 0 Å². The van der Waals surface area contributed by atoms with Gasteiger partial charge >= 0.3 is 0 Å². The van der Waals surface area contributed by atoms with Gasteiger partial charge in [-0.25, -0.2) is 0 Å². The van der Waals surface area contributed by atoms with Crippen LogP contribution in [0, 0.1) is 11.8 Å². The second-order valence-corrected chi connectivity index (χ2v) is 2.18. The Morgan fingerprint density at radius 1 is 1.73 bits per heavy atom. The third-order valence-electron chi connectivity index (χ3n) is 1.39. The molecule has 1 radical (unpaired) electrons. The molecule has 0 saturated heterocycles. The third kappa shape index (κ3) is 1.77. The van der Waals surface area contributed by atoms with E-state index in [-0.39, 0.29) is 5.84 Å². The van der Waals surface area contributed by atoms with Gasteiger partial charge in [-0.3, -0.25) is 10.4 Å². The molecule has 3 nitrogen and oxygen atoms in total. The lowest BCUT2D eigenvalue weighted by atomic mass is 10.2. The highest BCUT2D eigenvalue weighted by Gasteiger charge is 1.97. The average molecular weight is 148 g/mol. The summed E-state index contributed by atoms with van der Waals surface area (Å²) >= 11 is 0. The molecule has 0 saturated carbocycles. The number of nitrogens with one attached hydrogen (secondary N) is 1. The van der Waals surface area contributed by atoms with Gasteiger partial charge in [0.25, 0.3) is 0 Å². The van der Waals surface area contributed by atoms with Crippen molar-refractivity contribution in [2.45, 2.75) is 6.92 Å². The summed E-state index contributed by atoms with van der Waals surface area (Å²) in [5.41, 5.74) is 6.81. The second-order valence-electron chi connectivity index (χ2n) is 2.18. The molecule has 0 spiro atoms. The standard InChI is InChI=1S/C8H10N3/c1-2-6-3-4-11-7(5-6)8(9)10/h2-5H,1H3,(H3,9,10). The number of hydrogen-bond donors (Lipinski definition) is 2. The van der Waals surface area contributed by atoms with E-state index in [0.29, 0.717) is 5.69 Å². The van der Waals surface area contributed by atoms with Gasteiger partial charge in [0.15, 0.2) is 0 Å². The van der Waals surface area contributed by atoms with Crippen molar-refractivity contribution in [3.8, 4) is 0 Å². The van der Waals surface area contributed by atoms with Crippen molar-refractivity contribution in [1.82, 2.24) is 4.98 Å². The van der Waals surface area contributed by atoms with E-state index in [1.54, 1.807) is 12.3 Å². The Bertz CT molecular complexity index is 268. The lowest BCUT2D eigenvalue weighted by Crippen LogP contribution is -2.12. The summed E-state index contributed by atoms with van der Waals surface area (Å²) in [5.74, 6) is 0.00806. The molecule has 11 heavy (non-hydrogen) atoms. The highest BCUT2D eigenvalue weighted by Crippen LogP contribution is 2.02. The predicted molar refractivity (Wildman–Crippen MR) is 44.3 cm³/mol. The molecule has 0 atom stereocenters. The Kier molecular flexibility index (Phi) is 2.21. The largest absolute Gasteiger partial charge is 0.382 e. The molecule has 0 amide bonds. The van der Waals surface area contributed by atoms with Crippen molar-refractivity contribution in [1.29, 1.82) is 5.41 Å². The maximum absolute atomic E-state index is 7.11. The van der Waals surface area contributed by atoms with Crippen LogP contribution in [0.2, 0.25) is 0 Å². The first-order valence-corrected chi connectivity index (χ1v) is 3.34. The molecule has 0 aliphatic rings. The van der Waals surface area contributed by atoms with Crippen LogP contribution in [0.15, 0.2) is 18.3 Å². The first-order valence-electron chi connectivity index (χ1n) is 3.34. The first-order chi connectivity index (χ1) is 5.24. The van der Waals surface area contributed by atoms with Crippen LogP contribution in [0.4, 0.5) is 0 Å². The second kappa shape index (κ2) is 3.14. The van der Waals surface area contributed by atoms with Crippen LogP contribution in [0.1, 0.15) is 18.2 Å². The minimum Gasteiger partial charge on any atom is -0.382 e. The van der Waals surface area contributed by atoms with E-state index in [1.165, 1.54) is 0 Å². The van der Waals surface area contributed by atoms with Crippen LogP contribution in [-0.2, 0) is 0 Å². The van der Waals surface area contributed by atoms with Crippen molar-refractivity contribution in [2.75, 3.05) is 0 Å². The van der Waals surface area contributed by atoms with E-state index in [4.69, 9.17) is 11.1 Å². The van der Waals surface area contributed by atoms with Crippen molar-refractivity contribution >= 4 is 5.84 Å². The van der Waals surface area contributed by atoms with E-state index < -0.39 is 0 Å². The third-order valence-corrected chi connectivity index (χ3v) is 1.39. The van der Waals surface area contributed by atoms with Gasteiger partial charge in [0.1, 0.15) is 11.5 Å². The molecule has 1 aromatic heterocycles. The first kappa shape index (κ1) is 7.72. The summed E-state index contributed by atoms with van der Waals surface area (Å²) in [6, 6.07) is 3.65. The molecule has 57 valence electrons. The Morgan fingerprint density at radius 2 is 2.45 bits per heavy atom. The topological polar surface area (TPSA) is 62.8 Å². The predicted octanol–water partition coefficient (Wildman–Crippen LogP) is 0.938. The minimum absolute atomic E-state index is 0.00806. The average Bonchev–Trinajstić information content (AvgIpc) is 2.05. The number of nitrogens with zero attached hydrogens (tertiary/aromatic N) is 1. The van der Waals surface area contributed by atoms with Gasteiger partial charge in [-0.15, -0.1) is 0 Å². The monoisotopic (exact) mass is 148 g/mol. The molecule has 1 aromatic rings. The van der Waals surface area contributed by atoms with E-state index in [0.717, 1.165) is 5.56 Å². The summed E-state index contributed by atoms with van der Waals surface area (Å²) in [6.45, 7) is 1.93. The normalized spacial score (nSPS) is 9.55. The van der Waals surface area contributed by atoms with E-state index in [9.17, 15) is 0 Å². The maximum Gasteiger partial charge on any atom is 0.141 e. The summed E-state index contributed by atoms with van der Waals surface area (Å²) in [7, 11) is 0. The number of hydrogen-bond acceptors (Lipinski definition) is 2. The van der Waals surface area contributed by atoms with Gasteiger partial charge in [0, 0.05) is 6.20 Å². The van der Waals surface area contributed by atoms with E-state index in [2.05, 4.69) is 4.98 Å². The summed E-state index contributed by atoms with van der Waals surface area (Å²) in [5, 5.41) is 7.11. The summed E-state index contributed by atoms with van der Waals surface area (Å²) in [4.78, 5) is 3.92. The summed E-state index contributed by atoms with van der Waals surface area (Å²) < 4.78 is 0. The molecule has 0 aliphatic carbocycles. The van der Waals surface area contributed by atoms with Gasteiger partial charge in [-0.2, -0.15) is 0 Å². The van der Waals surface area contributed by atoms with Crippen molar-refractivity contribution in [2.24, 2.45) is 5.73 Å². The van der Waals surface area contributed by atoms with Crippen LogP contribution in [0.5, 0.6) is 0 Å². The zero-order valence-electron chi connectivity index (χ0n) is 6.33. The van der Waals surface area contributed by atoms with Crippen LogP contribution in [0.3, 0.4) is 0 Å². The Hall–Kier alpha value is -1.38. The van der Waals surface area contributed by atoms with Gasteiger partial charge in [0.05, 0.1) is 0 Å². The molecule has 1 rings (SSSR count). The number of pyridine rings is 1. The van der Waals surface area contributed by atoms with E-state index >= 15 is 0 Å². The zero-order chi connectivity index (χ0) is 8.27. The Labute approximate surface area is 65.8 Å². The highest BCUT2D eigenvalue weighted by molar-refractivity contribution is 5.93. The van der Waals surface area contributed by atoms with Crippen LogP contribution >= 0.6 is 0 Å². The quantitative estimate of drug-likeness (QED) is 0.484. The molecule has 0 fully saturated rings. The molecular formula is C8H10N3. The zero-order valence-corrected chi connectivity index (χ0v) is 6.33. The molecular weight excluding hydrogens is 138 g/mol. The molecule has 0 bridgehead atoms. The van der Waals surface area contributed by atoms with Gasteiger partial charge in [-0.05, 0) is 24.1 Å². The molecule has 1 heterocycles. The van der Waals surface area contributed by atoms with Crippen LogP contribution in [-0.4, -0.2) is 10.8 Å². The van der Waals surface area contributed by atoms with Crippen LogP contribution in [0.25, 0.3) is 0 Å². The maximum atomic E-state index is 7.11. The molecule has 3 heteroatoms. The van der Waals surface area contributed by atoms with Gasteiger partial charge < -0.3 is 5.73 Å². The van der Waals surface area contributed by atoms with Crippen LogP contribution < -0.4 is 5.73 Å². The Balaban J connectivity index is 3.01. The smallest absolute Gasteiger partial charge is 0.141 e. The Morgan fingerprint density at radius 3 is 3.00 bits per heavy atom. The van der Waals surface area contributed by atoms with E-state index in [1.807, 2.05) is 19.4 Å². The lowest BCUT2D eigenvalue weighted by molar-refractivity contribution is 1.23. The summed E-state index contributed by atoms with van der Waals surface area (Å²) in [6.07, 6.45) is 3.58. The number of aromatic nitrogens is 1. The minimum atomic E-state index is 0.00806. The fourth-order valence-corrected chi connectivity index (χ4v) is 0.774. The number of amidine groups is 1.